The number of aliphatic carboxylic acids is 1. The molecule has 2 rings (SSSR count). The molecule has 11 heteroatoms. The highest BCUT2D eigenvalue weighted by atomic mass is 35.5. The summed E-state index contributed by atoms with van der Waals surface area (Å²) in [5.41, 5.74) is 0.0486. The second-order valence-corrected chi connectivity index (χ2v) is 5.82. The number of rotatable bonds is 5. The molecule has 0 spiro atoms. The lowest BCUT2D eigenvalue weighted by Crippen LogP contribution is -2.13. The van der Waals surface area contributed by atoms with Crippen LogP contribution in [0.1, 0.15) is 10.5 Å². The summed E-state index contributed by atoms with van der Waals surface area (Å²) in [5.74, 6) is -1.60. The Balaban J connectivity index is 1.99. The van der Waals surface area contributed by atoms with Crippen LogP contribution in [-0.2, 0) is 4.79 Å². The zero-order valence-electron chi connectivity index (χ0n) is 9.61. The average Bonchev–Trinajstić information content (AvgIpc) is 2.84. The first kappa shape index (κ1) is 14.6. The molecule has 0 unspecified atom stereocenters. The fraction of sp³-hybridized carbons (Fsp3) is 0.111. The fourth-order valence-electron chi connectivity index (χ4n) is 1.05. The van der Waals surface area contributed by atoms with Gasteiger partial charge in [-0.2, -0.15) is 0 Å². The largest absolute Gasteiger partial charge is 0.481 e. The molecule has 0 aromatic carbocycles. The second kappa shape index (κ2) is 6.59. The maximum Gasteiger partial charge on any atom is 0.313 e. The molecule has 0 saturated carbocycles. The number of aromatic nitrogens is 4. The van der Waals surface area contributed by atoms with Crippen molar-refractivity contribution in [3.05, 3.63) is 23.2 Å². The molecule has 0 aliphatic rings. The smallest absolute Gasteiger partial charge is 0.313 e. The Labute approximate surface area is 125 Å². The first-order chi connectivity index (χ1) is 9.54. The summed E-state index contributed by atoms with van der Waals surface area (Å²) in [6.45, 7) is 0. The van der Waals surface area contributed by atoms with Crippen molar-refractivity contribution in [2.24, 2.45) is 0 Å². The number of carboxylic acid groups (broad SMARTS) is 1. The van der Waals surface area contributed by atoms with E-state index in [1.54, 1.807) is 0 Å². The fourth-order valence-corrected chi connectivity index (χ4v) is 2.67. The Morgan fingerprint density at radius 1 is 1.40 bits per heavy atom. The highest BCUT2D eigenvalue weighted by Crippen LogP contribution is 2.25. The zero-order valence-corrected chi connectivity index (χ0v) is 12.0. The van der Waals surface area contributed by atoms with Gasteiger partial charge in [0.2, 0.25) is 5.13 Å². The Bertz CT molecular complexity index is 650. The van der Waals surface area contributed by atoms with Crippen LogP contribution < -0.4 is 5.32 Å². The van der Waals surface area contributed by atoms with Crippen LogP contribution in [-0.4, -0.2) is 42.9 Å². The molecule has 20 heavy (non-hydrogen) atoms. The van der Waals surface area contributed by atoms with Crippen molar-refractivity contribution in [2.75, 3.05) is 11.1 Å². The molecule has 2 heterocycles. The molecule has 0 aliphatic heterocycles. The molecular weight excluding hydrogens is 326 g/mol. The van der Waals surface area contributed by atoms with E-state index in [4.69, 9.17) is 16.7 Å². The van der Waals surface area contributed by atoms with Gasteiger partial charge >= 0.3 is 5.97 Å². The average molecular weight is 332 g/mol. The third kappa shape index (κ3) is 4.11. The number of nitrogens with zero attached hydrogens (tertiary/aromatic N) is 4. The molecule has 2 aromatic rings. The van der Waals surface area contributed by atoms with Crippen molar-refractivity contribution in [3.8, 4) is 0 Å². The SMILES string of the molecule is O=C(O)CSc1nnc(NC(=O)c2cncc(Cl)n2)s1. The molecule has 0 aliphatic carbocycles. The Hall–Kier alpha value is -1.78. The maximum absolute atomic E-state index is 11.8. The zero-order chi connectivity index (χ0) is 14.5. The van der Waals surface area contributed by atoms with Gasteiger partial charge in [-0.25, -0.2) is 4.98 Å². The number of carboxylic acids is 1. The molecular formula is C9H6ClN5O3S2. The summed E-state index contributed by atoms with van der Waals surface area (Å²) in [6, 6.07) is 0. The van der Waals surface area contributed by atoms with Crippen LogP contribution in [0.3, 0.4) is 0 Å². The predicted octanol–water partition coefficient (Wildman–Crippen LogP) is 1.41. The molecule has 0 atom stereocenters. The minimum Gasteiger partial charge on any atom is -0.481 e. The van der Waals surface area contributed by atoms with Crippen molar-refractivity contribution in [3.63, 3.8) is 0 Å². The molecule has 1 amide bonds. The summed E-state index contributed by atoms with van der Waals surface area (Å²) >= 11 is 7.72. The van der Waals surface area contributed by atoms with Crippen LogP contribution in [0, 0.1) is 0 Å². The Morgan fingerprint density at radius 3 is 2.90 bits per heavy atom. The lowest BCUT2D eigenvalue weighted by Gasteiger charge is -1.99. The number of nitrogens with one attached hydrogen (secondary N) is 1. The van der Waals surface area contributed by atoms with Gasteiger partial charge in [0.15, 0.2) is 4.34 Å². The van der Waals surface area contributed by atoms with Crippen molar-refractivity contribution < 1.29 is 14.7 Å². The van der Waals surface area contributed by atoms with Crippen LogP contribution in [0.2, 0.25) is 5.15 Å². The van der Waals surface area contributed by atoms with Crippen molar-refractivity contribution in [1.29, 1.82) is 0 Å². The lowest BCUT2D eigenvalue weighted by molar-refractivity contribution is -0.133. The van der Waals surface area contributed by atoms with E-state index >= 15 is 0 Å². The number of carbonyl (C=O) groups excluding carboxylic acids is 1. The van der Waals surface area contributed by atoms with E-state index < -0.39 is 11.9 Å². The van der Waals surface area contributed by atoms with Gasteiger partial charge in [-0.3, -0.25) is 19.9 Å². The van der Waals surface area contributed by atoms with Crippen LogP contribution in [0.4, 0.5) is 5.13 Å². The van der Waals surface area contributed by atoms with E-state index in [-0.39, 0.29) is 21.7 Å². The van der Waals surface area contributed by atoms with Gasteiger partial charge in [0, 0.05) is 0 Å². The van der Waals surface area contributed by atoms with Crippen molar-refractivity contribution in [1.82, 2.24) is 20.2 Å². The topological polar surface area (TPSA) is 118 Å². The molecule has 0 bridgehead atoms. The van der Waals surface area contributed by atoms with Crippen molar-refractivity contribution >= 4 is 51.7 Å². The van der Waals surface area contributed by atoms with Gasteiger partial charge in [0.25, 0.3) is 5.91 Å². The number of anilines is 1. The predicted molar refractivity (Wildman–Crippen MR) is 73.3 cm³/mol. The van der Waals surface area contributed by atoms with Crippen LogP contribution in [0.25, 0.3) is 0 Å². The standard InChI is InChI=1S/C9H6ClN5O3S2/c10-5-2-11-1-4(12-5)7(18)13-8-14-15-9(20-8)19-3-6(16)17/h1-2H,3H2,(H,16,17)(H,13,14,18). The number of carbonyl (C=O) groups is 2. The normalized spacial score (nSPS) is 10.2. The first-order valence-corrected chi connectivity index (χ1v) is 7.19. The van der Waals surface area contributed by atoms with Gasteiger partial charge < -0.3 is 5.11 Å². The molecule has 0 radical (unpaired) electrons. The lowest BCUT2D eigenvalue weighted by atomic mass is 10.4. The Morgan fingerprint density at radius 2 is 2.20 bits per heavy atom. The molecule has 0 fully saturated rings. The maximum atomic E-state index is 11.8. The molecule has 2 aromatic heterocycles. The third-order valence-electron chi connectivity index (χ3n) is 1.78. The number of hydrogen-bond donors (Lipinski definition) is 2. The Kier molecular flexibility index (Phi) is 4.82. The van der Waals surface area contributed by atoms with Gasteiger partial charge in [-0.05, 0) is 0 Å². The van der Waals surface area contributed by atoms with Crippen LogP contribution in [0.15, 0.2) is 16.7 Å². The van der Waals surface area contributed by atoms with Gasteiger partial charge in [-0.1, -0.05) is 34.7 Å². The van der Waals surface area contributed by atoms with Gasteiger partial charge in [0.05, 0.1) is 18.1 Å². The molecule has 8 nitrogen and oxygen atoms in total. The van der Waals surface area contributed by atoms with E-state index in [2.05, 4.69) is 25.5 Å². The summed E-state index contributed by atoms with van der Waals surface area (Å²) < 4.78 is 0.444. The first-order valence-electron chi connectivity index (χ1n) is 5.01. The summed E-state index contributed by atoms with van der Waals surface area (Å²) in [5, 5.41) is 18.8. The third-order valence-corrected chi connectivity index (χ3v) is 3.92. The highest BCUT2D eigenvalue weighted by molar-refractivity contribution is 8.01. The van der Waals surface area contributed by atoms with Crippen LogP contribution in [0.5, 0.6) is 0 Å². The van der Waals surface area contributed by atoms with Crippen LogP contribution >= 0.6 is 34.7 Å². The van der Waals surface area contributed by atoms with E-state index in [1.807, 2.05) is 0 Å². The van der Waals surface area contributed by atoms with E-state index in [1.165, 1.54) is 12.4 Å². The number of amides is 1. The van der Waals surface area contributed by atoms with Gasteiger partial charge in [-0.15, -0.1) is 10.2 Å². The summed E-state index contributed by atoms with van der Waals surface area (Å²) in [7, 11) is 0. The van der Waals surface area contributed by atoms with E-state index in [0.717, 1.165) is 23.1 Å². The summed E-state index contributed by atoms with van der Waals surface area (Å²) in [6.07, 6.45) is 2.58. The monoisotopic (exact) mass is 331 g/mol. The second-order valence-electron chi connectivity index (χ2n) is 3.24. The minimum absolute atomic E-state index is 0.0486. The number of hydrogen-bond acceptors (Lipinski definition) is 8. The summed E-state index contributed by atoms with van der Waals surface area (Å²) in [4.78, 5) is 29.8. The number of halogens is 1. The minimum atomic E-state index is -0.954. The molecule has 104 valence electrons. The van der Waals surface area contributed by atoms with Crippen molar-refractivity contribution in [2.45, 2.75) is 4.34 Å². The van der Waals surface area contributed by atoms with E-state index in [0.29, 0.717) is 4.34 Å². The van der Waals surface area contributed by atoms with Gasteiger partial charge in [0.1, 0.15) is 10.8 Å². The molecule has 2 N–H and O–H groups in total. The molecule has 0 saturated heterocycles. The van der Waals surface area contributed by atoms with E-state index in [9.17, 15) is 9.59 Å². The quantitative estimate of drug-likeness (QED) is 0.623. The number of thioether (sulfide) groups is 1. The highest BCUT2D eigenvalue weighted by Gasteiger charge is 2.13.